The van der Waals surface area contributed by atoms with Crippen LogP contribution in [0.25, 0.3) is 10.9 Å². The predicted octanol–water partition coefficient (Wildman–Crippen LogP) is 4.35. The highest BCUT2D eigenvalue weighted by molar-refractivity contribution is 6.15. The average molecular weight is 393 g/mol. The van der Waals surface area contributed by atoms with Gasteiger partial charge in [0.05, 0.1) is 5.52 Å². The van der Waals surface area contributed by atoms with E-state index in [2.05, 4.69) is 0 Å². The van der Waals surface area contributed by atoms with Gasteiger partial charge < -0.3 is 4.90 Å². The molecule has 1 spiro atoms. The van der Waals surface area contributed by atoms with Gasteiger partial charge in [-0.15, -0.1) is 0 Å². The number of rotatable bonds is 2. The molecule has 1 atom stereocenters. The first-order chi connectivity index (χ1) is 14.6. The summed E-state index contributed by atoms with van der Waals surface area (Å²) in [4.78, 5) is 31.2. The van der Waals surface area contributed by atoms with E-state index < -0.39 is 5.54 Å². The van der Waals surface area contributed by atoms with Crippen LogP contribution in [0.4, 0.5) is 10.5 Å². The molecule has 3 aromatic carbocycles. The molecule has 0 aliphatic carbocycles. The Morgan fingerprint density at radius 2 is 1.53 bits per heavy atom. The minimum Gasteiger partial charge on any atom is -0.312 e. The Bertz CT molecular complexity index is 1340. The zero-order valence-electron chi connectivity index (χ0n) is 16.4. The molecule has 5 nitrogen and oxygen atoms in total. The van der Waals surface area contributed by atoms with Gasteiger partial charge in [0.2, 0.25) is 0 Å². The van der Waals surface area contributed by atoms with E-state index in [1.165, 1.54) is 0 Å². The first-order valence-corrected chi connectivity index (χ1v) is 9.98. The topological polar surface area (TPSA) is 45.6 Å². The maximum absolute atomic E-state index is 14.0. The first kappa shape index (κ1) is 17.0. The van der Waals surface area contributed by atoms with Crippen LogP contribution in [-0.4, -0.2) is 28.5 Å². The molecule has 0 N–H and O–H groups in total. The number of carbonyl (C=O) groups is 2. The Morgan fingerprint density at radius 1 is 0.800 bits per heavy atom. The molecule has 0 fully saturated rings. The van der Waals surface area contributed by atoms with Gasteiger partial charge in [0.25, 0.3) is 5.91 Å². The molecule has 2 aliphatic heterocycles. The van der Waals surface area contributed by atoms with Crippen LogP contribution < -0.4 is 4.90 Å². The van der Waals surface area contributed by atoms with Crippen molar-refractivity contribution in [2.75, 3.05) is 11.9 Å². The van der Waals surface area contributed by atoms with E-state index in [1.807, 2.05) is 78.9 Å². The number of fused-ring (bicyclic) bond motifs is 3. The van der Waals surface area contributed by atoms with E-state index >= 15 is 0 Å². The van der Waals surface area contributed by atoms with Crippen molar-refractivity contribution in [3.8, 4) is 0 Å². The molecule has 0 radical (unpaired) electrons. The number of amides is 2. The van der Waals surface area contributed by atoms with Gasteiger partial charge >= 0.3 is 6.03 Å². The monoisotopic (exact) mass is 393 g/mol. The zero-order chi connectivity index (χ0) is 20.5. The Morgan fingerprint density at radius 3 is 2.37 bits per heavy atom. The van der Waals surface area contributed by atoms with Crippen molar-refractivity contribution >= 4 is 28.5 Å². The van der Waals surface area contributed by atoms with E-state index in [4.69, 9.17) is 0 Å². The number of anilines is 1. The standard InChI is InChI=1S/C25H19N3O2/c1-26-21-13-6-5-11-19(21)25(23(26)29)20-12-7-10-18-14-15-27(22(18)20)24(30)28(25)16-17-8-3-2-4-9-17/h2-15H,16H2,1H3. The van der Waals surface area contributed by atoms with Gasteiger partial charge in [-0.25, -0.2) is 4.79 Å². The number of para-hydroxylation sites is 2. The first-order valence-electron chi connectivity index (χ1n) is 9.98. The van der Waals surface area contributed by atoms with Crippen LogP contribution in [0.3, 0.4) is 0 Å². The summed E-state index contributed by atoms with van der Waals surface area (Å²) in [5, 5.41) is 0.958. The number of hydrogen-bond donors (Lipinski definition) is 0. The van der Waals surface area contributed by atoms with Gasteiger partial charge in [-0.1, -0.05) is 66.7 Å². The van der Waals surface area contributed by atoms with Gasteiger partial charge in [0.15, 0.2) is 5.54 Å². The fraction of sp³-hybridized carbons (Fsp3) is 0.120. The van der Waals surface area contributed by atoms with Crippen molar-refractivity contribution in [1.82, 2.24) is 9.47 Å². The molecule has 1 unspecified atom stereocenters. The number of benzene rings is 3. The van der Waals surface area contributed by atoms with Crippen molar-refractivity contribution < 1.29 is 9.59 Å². The van der Waals surface area contributed by atoms with Crippen LogP contribution in [0.15, 0.2) is 85.1 Å². The zero-order valence-corrected chi connectivity index (χ0v) is 16.4. The number of hydrogen-bond acceptors (Lipinski definition) is 2. The fourth-order valence-electron chi connectivity index (χ4n) is 5.08. The molecule has 0 saturated heterocycles. The quantitative estimate of drug-likeness (QED) is 0.508. The molecular formula is C25H19N3O2. The van der Waals surface area contributed by atoms with Crippen molar-refractivity contribution in [3.63, 3.8) is 0 Å². The maximum Gasteiger partial charge on any atom is 0.330 e. The molecule has 5 heteroatoms. The SMILES string of the molecule is CN1C(=O)C2(c3ccccc31)c1cccc3ccn(c13)C(=O)N2Cc1ccccc1. The van der Waals surface area contributed by atoms with Gasteiger partial charge in [-0.3, -0.25) is 14.3 Å². The largest absolute Gasteiger partial charge is 0.330 e. The molecule has 146 valence electrons. The van der Waals surface area contributed by atoms with Crippen molar-refractivity contribution in [1.29, 1.82) is 0 Å². The van der Waals surface area contributed by atoms with Crippen LogP contribution >= 0.6 is 0 Å². The second kappa shape index (κ2) is 5.83. The lowest BCUT2D eigenvalue weighted by Crippen LogP contribution is -2.58. The van der Waals surface area contributed by atoms with Crippen LogP contribution in [-0.2, 0) is 16.9 Å². The normalized spacial score (nSPS) is 19.8. The summed E-state index contributed by atoms with van der Waals surface area (Å²) < 4.78 is 1.67. The van der Waals surface area contributed by atoms with E-state index in [-0.39, 0.29) is 11.9 Å². The third-order valence-corrected chi connectivity index (χ3v) is 6.40. The van der Waals surface area contributed by atoms with Crippen LogP contribution in [0.5, 0.6) is 0 Å². The summed E-state index contributed by atoms with van der Waals surface area (Å²) in [6.07, 6.45) is 1.80. The number of aromatic nitrogens is 1. The second-order valence-corrected chi connectivity index (χ2v) is 7.88. The number of carbonyl (C=O) groups excluding carboxylic acids is 2. The minimum absolute atomic E-state index is 0.104. The van der Waals surface area contributed by atoms with Crippen LogP contribution in [0.1, 0.15) is 16.7 Å². The third kappa shape index (κ3) is 1.92. The Labute approximate surface area is 173 Å². The molecule has 0 bridgehead atoms. The van der Waals surface area contributed by atoms with Gasteiger partial charge in [-0.05, 0) is 17.7 Å². The molecular weight excluding hydrogens is 374 g/mol. The minimum atomic E-state index is -1.19. The lowest BCUT2D eigenvalue weighted by Gasteiger charge is -2.44. The number of likely N-dealkylation sites (N-methyl/N-ethyl adjacent to an activating group) is 1. The van der Waals surface area contributed by atoms with Gasteiger partial charge in [0, 0.05) is 42.0 Å². The molecule has 1 aromatic heterocycles. The summed E-state index contributed by atoms with van der Waals surface area (Å²) in [6.45, 7) is 0.335. The maximum atomic E-state index is 14.0. The van der Waals surface area contributed by atoms with E-state index in [0.29, 0.717) is 6.54 Å². The van der Waals surface area contributed by atoms with Crippen molar-refractivity contribution in [2.24, 2.45) is 0 Å². The molecule has 2 amide bonds. The highest BCUT2D eigenvalue weighted by atomic mass is 16.2. The van der Waals surface area contributed by atoms with Crippen molar-refractivity contribution in [3.05, 3.63) is 102 Å². The lowest BCUT2D eigenvalue weighted by molar-refractivity contribution is -0.126. The van der Waals surface area contributed by atoms with E-state index in [9.17, 15) is 9.59 Å². The molecule has 6 rings (SSSR count). The number of nitrogens with zero attached hydrogens (tertiary/aromatic N) is 3. The second-order valence-electron chi connectivity index (χ2n) is 7.88. The Hall–Kier alpha value is -3.86. The molecule has 3 heterocycles. The van der Waals surface area contributed by atoms with E-state index in [0.717, 1.165) is 33.3 Å². The Balaban J connectivity index is 1.72. The predicted molar refractivity (Wildman–Crippen MR) is 115 cm³/mol. The highest BCUT2D eigenvalue weighted by Gasteiger charge is 2.59. The molecule has 0 saturated carbocycles. The average Bonchev–Trinajstić information content (AvgIpc) is 3.31. The van der Waals surface area contributed by atoms with Gasteiger partial charge in [0.1, 0.15) is 0 Å². The van der Waals surface area contributed by atoms with Crippen LogP contribution in [0.2, 0.25) is 0 Å². The van der Waals surface area contributed by atoms with Crippen LogP contribution in [0, 0.1) is 0 Å². The third-order valence-electron chi connectivity index (χ3n) is 6.40. The summed E-state index contributed by atoms with van der Waals surface area (Å²) in [5.41, 5.74) is 3.14. The highest BCUT2D eigenvalue weighted by Crippen LogP contribution is 2.52. The lowest BCUT2D eigenvalue weighted by atomic mass is 9.80. The summed E-state index contributed by atoms with van der Waals surface area (Å²) in [7, 11) is 1.79. The molecule has 4 aromatic rings. The molecule has 2 aliphatic rings. The summed E-state index contributed by atoms with van der Waals surface area (Å²) >= 11 is 0. The smallest absolute Gasteiger partial charge is 0.312 e. The van der Waals surface area contributed by atoms with E-state index in [1.54, 1.807) is 27.6 Å². The Kier molecular flexibility index (Phi) is 3.31. The summed E-state index contributed by atoms with van der Waals surface area (Å²) in [5.74, 6) is -0.104. The summed E-state index contributed by atoms with van der Waals surface area (Å²) in [6, 6.07) is 25.3. The van der Waals surface area contributed by atoms with Gasteiger partial charge in [-0.2, -0.15) is 0 Å². The molecule has 30 heavy (non-hydrogen) atoms. The fourth-order valence-corrected chi connectivity index (χ4v) is 5.08. The van der Waals surface area contributed by atoms with Crippen molar-refractivity contribution in [2.45, 2.75) is 12.1 Å².